The summed E-state index contributed by atoms with van der Waals surface area (Å²) in [7, 11) is 0. The Morgan fingerprint density at radius 3 is 2.15 bits per heavy atom. The molecule has 0 bridgehead atoms. The van der Waals surface area contributed by atoms with E-state index in [2.05, 4.69) is 5.32 Å². The van der Waals surface area contributed by atoms with Gasteiger partial charge in [-0.05, 0) is 40.8 Å². The minimum absolute atomic E-state index is 0.109. The Kier molecular flexibility index (Phi) is 9.97. The highest BCUT2D eigenvalue weighted by Gasteiger charge is 2.33. The van der Waals surface area contributed by atoms with Crippen LogP contribution in [-0.2, 0) is 24.1 Å². The minimum atomic E-state index is -4.46. The maximum absolute atomic E-state index is 12.8. The van der Waals surface area contributed by atoms with Crippen molar-refractivity contribution in [1.29, 1.82) is 5.41 Å². The molecule has 5 nitrogen and oxygen atoms in total. The van der Waals surface area contributed by atoms with Gasteiger partial charge in [-0.15, -0.1) is 0 Å². The lowest BCUT2D eigenvalue weighted by Gasteiger charge is -2.13. The zero-order valence-electron chi connectivity index (χ0n) is 18.7. The molecular formula is C26H27F3N2O3. The van der Waals surface area contributed by atoms with Crippen molar-refractivity contribution in [3.63, 3.8) is 0 Å². The molecule has 0 atom stereocenters. The first-order chi connectivity index (χ1) is 16.1. The van der Waals surface area contributed by atoms with Gasteiger partial charge in [0.25, 0.3) is 0 Å². The molecule has 0 fully saturated rings. The molecule has 34 heavy (non-hydrogen) atoms. The van der Waals surface area contributed by atoms with Crippen molar-refractivity contribution in [2.75, 3.05) is 6.54 Å². The van der Waals surface area contributed by atoms with E-state index in [0.29, 0.717) is 29.9 Å². The number of nitrogens with one attached hydrogen (secondary N) is 2. The molecule has 180 valence electrons. The largest absolute Gasteiger partial charge is 0.481 e. The van der Waals surface area contributed by atoms with E-state index in [4.69, 9.17) is 15.6 Å². The summed E-state index contributed by atoms with van der Waals surface area (Å²) < 4.78 is 38.5. The third-order valence-electron chi connectivity index (χ3n) is 4.92. The first kappa shape index (κ1) is 26.8. The van der Waals surface area contributed by atoms with Crippen molar-refractivity contribution in [2.24, 2.45) is 0 Å². The summed E-state index contributed by atoms with van der Waals surface area (Å²) in [6.07, 6.45) is -4.32. The molecular weight excluding hydrogens is 445 g/mol. The second kappa shape index (κ2) is 12.7. The molecule has 0 radical (unpaired) electrons. The Hall–Kier alpha value is -3.49. The van der Waals surface area contributed by atoms with E-state index in [1.165, 1.54) is 6.07 Å². The highest BCUT2D eigenvalue weighted by molar-refractivity contribution is 5.96. The van der Waals surface area contributed by atoms with Gasteiger partial charge in [-0.25, -0.2) is 0 Å². The Morgan fingerprint density at radius 1 is 0.971 bits per heavy atom. The molecule has 0 spiro atoms. The van der Waals surface area contributed by atoms with E-state index < -0.39 is 24.3 Å². The maximum atomic E-state index is 12.8. The number of aliphatic carboxylic acids is 1. The third-order valence-corrected chi connectivity index (χ3v) is 4.92. The van der Waals surface area contributed by atoms with Crippen LogP contribution >= 0.6 is 0 Å². The molecule has 0 aliphatic carbocycles. The number of rotatable bonds is 8. The Bertz CT molecular complexity index is 1080. The zero-order chi connectivity index (χ0) is 25.1. The summed E-state index contributed by atoms with van der Waals surface area (Å²) >= 11 is 0. The van der Waals surface area contributed by atoms with Gasteiger partial charge in [-0.2, -0.15) is 13.2 Å². The molecule has 3 aromatic carbocycles. The lowest BCUT2D eigenvalue weighted by atomic mass is 9.99. The third kappa shape index (κ3) is 8.46. The van der Waals surface area contributed by atoms with E-state index >= 15 is 0 Å². The first-order valence-corrected chi connectivity index (χ1v) is 10.5. The van der Waals surface area contributed by atoms with Gasteiger partial charge in [0.2, 0.25) is 0 Å². The number of benzene rings is 3. The quantitative estimate of drug-likeness (QED) is 0.257. The number of carboxylic acid groups (broad SMARTS) is 1. The fourth-order valence-corrected chi connectivity index (χ4v) is 3.09. The molecule has 0 aromatic heterocycles. The Morgan fingerprint density at radius 2 is 1.62 bits per heavy atom. The van der Waals surface area contributed by atoms with Gasteiger partial charge < -0.3 is 20.9 Å². The molecule has 8 heteroatoms. The SMILES string of the molecule is CC(=N)c1ccc(CNCCC(=O)O)cc1.OCc1ccc(-c2ccccc2)cc1C(F)(F)F. The summed E-state index contributed by atoms with van der Waals surface area (Å²) in [5.41, 5.74) is 2.86. The number of alkyl halides is 3. The van der Waals surface area contributed by atoms with Crippen LogP contribution in [-0.4, -0.2) is 28.4 Å². The van der Waals surface area contributed by atoms with Crippen LogP contribution < -0.4 is 5.32 Å². The monoisotopic (exact) mass is 472 g/mol. The highest BCUT2D eigenvalue weighted by Crippen LogP contribution is 2.35. The predicted octanol–water partition coefficient (Wildman–Crippen LogP) is 5.50. The fourth-order valence-electron chi connectivity index (χ4n) is 3.09. The summed E-state index contributed by atoms with van der Waals surface area (Å²) in [4.78, 5) is 10.3. The molecule has 0 saturated carbocycles. The molecule has 0 amide bonds. The van der Waals surface area contributed by atoms with Crippen LogP contribution in [0.1, 0.15) is 35.6 Å². The van der Waals surface area contributed by atoms with Gasteiger partial charge in [0, 0.05) is 18.8 Å². The van der Waals surface area contributed by atoms with Crippen molar-refractivity contribution < 1.29 is 28.2 Å². The molecule has 0 heterocycles. The average Bonchev–Trinajstić information content (AvgIpc) is 2.82. The number of carboxylic acids is 1. The second-order valence-corrected chi connectivity index (χ2v) is 7.54. The van der Waals surface area contributed by atoms with E-state index in [1.54, 1.807) is 43.3 Å². The predicted molar refractivity (Wildman–Crippen MR) is 126 cm³/mol. The standard InChI is InChI=1S/C14H11F3O.C12H16N2O2/c15-14(16,17)13-8-11(6-7-12(13)9-18)10-4-2-1-3-5-10;1-9(13)11-4-2-10(3-5-11)8-14-7-6-12(15)16/h1-8,18H,9H2;2-5,13-14H,6-8H2,1H3,(H,15,16). The van der Waals surface area contributed by atoms with Crippen LogP contribution in [0.3, 0.4) is 0 Å². The van der Waals surface area contributed by atoms with Crippen molar-refractivity contribution in [2.45, 2.75) is 32.7 Å². The number of halogens is 3. The van der Waals surface area contributed by atoms with Gasteiger partial charge in [-0.1, -0.05) is 66.7 Å². The number of aliphatic hydroxyl groups is 1. The second-order valence-electron chi connectivity index (χ2n) is 7.54. The summed E-state index contributed by atoms with van der Waals surface area (Å²) in [6, 6.07) is 20.5. The van der Waals surface area contributed by atoms with E-state index in [-0.39, 0.29) is 12.0 Å². The van der Waals surface area contributed by atoms with Crippen molar-refractivity contribution in [1.82, 2.24) is 5.32 Å². The average molecular weight is 473 g/mol. The molecule has 3 aromatic rings. The normalized spacial score (nSPS) is 10.9. The van der Waals surface area contributed by atoms with Crippen molar-refractivity contribution in [3.05, 3.63) is 95.1 Å². The van der Waals surface area contributed by atoms with E-state index in [9.17, 15) is 18.0 Å². The molecule has 0 saturated heterocycles. The van der Waals surface area contributed by atoms with Gasteiger partial charge in [0.15, 0.2) is 0 Å². The van der Waals surface area contributed by atoms with Gasteiger partial charge in [0.05, 0.1) is 18.6 Å². The maximum Gasteiger partial charge on any atom is 0.416 e. The molecule has 0 aliphatic rings. The van der Waals surface area contributed by atoms with Crippen molar-refractivity contribution in [3.8, 4) is 11.1 Å². The fraction of sp³-hybridized carbons (Fsp3) is 0.231. The van der Waals surface area contributed by atoms with Crippen LogP contribution in [0.2, 0.25) is 0 Å². The van der Waals surface area contributed by atoms with Crippen LogP contribution in [0.25, 0.3) is 11.1 Å². The van der Waals surface area contributed by atoms with Gasteiger partial charge in [-0.3, -0.25) is 4.79 Å². The Balaban J connectivity index is 0.000000242. The topological polar surface area (TPSA) is 93.4 Å². The molecule has 0 unspecified atom stereocenters. The minimum Gasteiger partial charge on any atom is -0.481 e. The van der Waals surface area contributed by atoms with Gasteiger partial charge in [0.1, 0.15) is 0 Å². The molecule has 4 N–H and O–H groups in total. The highest BCUT2D eigenvalue weighted by atomic mass is 19.4. The van der Waals surface area contributed by atoms with Crippen LogP contribution in [0.4, 0.5) is 13.2 Å². The summed E-state index contributed by atoms with van der Waals surface area (Å²) in [6.45, 7) is 2.26. The first-order valence-electron chi connectivity index (χ1n) is 10.5. The number of hydrogen-bond donors (Lipinski definition) is 4. The van der Waals surface area contributed by atoms with Crippen molar-refractivity contribution >= 4 is 11.7 Å². The van der Waals surface area contributed by atoms with Crippen LogP contribution in [0.5, 0.6) is 0 Å². The number of aliphatic hydroxyl groups excluding tert-OH is 1. The Labute approximate surface area is 196 Å². The van der Waals surface area contributed by atoms with Crippen LogP contribution in [0.15, 0.2) is 72.8 Å². The van der Waals surface area contributed by atoms with Gasteiger partial charge >= 0.3 is 12.1 Å². The van der Waals surface area contributed by atoms with E-state index in [1.807, 2.05) is 24.3 Å². The molecule has 3 rings (SSSR count). The van der Waals surface area contributed by atoms with Crippen LogP contribution in [0, 0.1) is 5.41 Å². The summed E-state index contributed by atoms with van der Waals surface area (Å²) in [5.74, 6) is -0.790. The van der Waals surface area contributed by atoms with E-state index in [0.717, 1.165) is 17.2 Å². The molecule has 0 aliphatic heterocycles. The number of hydrogen-bond acceptors (Lipinski definition) is 4. The zero-order valence-corrected chi connectivity index (χ0v) is 18.7. The number of carbonyl (C=O) groups is 1. The lowest BCUT2D eigenvalue weighted by Crippen LogP contribution is -2.17. The smallest absolute Gasteiger partial charge is 0.416 e. The summed E-state index contributed by atoms with van der Waals surface area (Å²) in [5, 5.41) is 27.9. The lowest BCUT2D eigenvalue weighted by molar-refractivity contribution is -0.139.